The van der Waals surface area contributed by atoms with E-state index in [1.54, 1.807) is 0 Å². The van der Waals surface area contributed by atoms with E-state index >= 15 is 0 Å². The Labute approximate surface area is 92.3 Å². The lowest BCUT2D eigenvalue weighted by molar-refractivity contribution is 0.249. The van der Waals surface area contributed by atoms with E-state index in [4.69, 9.17) is 0 Å². The lowest BCUT2D eigenvalue weighted by atomic mass is 10.1. The second-order valence-electron chi connectivity index (χ2n) is 4.55. The second-order valence-corrected chi connectivity index (χ2v) is 4.55. The maximum Gasteiger partial charge on any atom is 0.0234 e. The number of rotatable bonds is 3. The standard InChI is InChI=1S/C13H20N2/c1-11-3-5-12(6-4-11)10-15(2)13-7-8-14-9-13/h3-6,13-14H,7-10H2,1-2H3. The smallest absolute Gasteiger partial charge is 0.0234 e. The summed E-state index contributed by atoms with van der Waals surface area (Å²) in [5, 5.41) is 3.41. The van der Waals surface area contributed by atoms with Gasteiger partial charge >= 0.3 is 0 Å². The average Bonchev–Trinajstić information content (AvgIpc) is 2.74. The van der Waals surface area contributed by atoms with E-state index in [-0.39, 0.29) is 0 Å². The Morgan fingerprint density at radius 2 is 2.07 bits per heavy atom. The molecular weight excluding hydrogens is 184 g/mol. The highest BCUT2D eigenvalue weighted by molar-refractivity contribution is 5.21. The van der Waals surface area contributed by atoms with Crippen molar-refractivity contribution in [2.45, 2.75) is 25.9 Å². The molecule has 0 aromatic heterocycles. The van der Waals surface area contributed by atoms with Gasteiger partial charge in [0.15, 0.2) is 0 Å². The van der Waals surface area contributed by atoms with Gasteiger partial charge < -0.3 is 5.32 Å². The lowest BCUT2D eigenvalue weighted by Crippen LogP contribution is -2.32. The fourth-order valence-electron chi connectivity index (χ4n) is 2.13. The van der Waals surface area contributed by atoms with Gasteiger partial charge in [0.2, 0.25) is 0 Å². The summed E-state index contributed by atoms with van der Waals surface area (Å²) >= 11 is 0. The largest absolute Gasteiger partial charge is 0.315 e. The van der Waals surface area contributed by atoms with E-state index in [1.165, 1.54) is 24.1 Å². The first-order chi connectivity index (χ1) is 7.25. The van der Waals surface area contributed by atoms with Crippen molar-refractivity contribution in [3.63, 3.8) is 0 Å². The summed E-state index contributed by atoms with van der Waals surface area (Å²) in [6.07, 6.45) is 1.28. The molecule has 2 nitrogen and oxygen atoms in total. The number of aryl methyl sites for hydroxylation is 1. The van der Waals surface area contributed by atoms with Crippen LogP contribution >= 0.6 is 0 Å². The van der Waals surface area contributed by atoms with Crippen LogP contribution in [0.1, 0.15) is 17.5 Å². The summed E-state index contributed by atoms with van der Waals surface area (Å²) in [6.45, 7) is 5.51. The third-order valence-electron chi connectivity index (χ3n) is 3.21. The molecule has 0 bridgehead atoms. The van der Waals surface area contributed by atoms with Gasteiger partial charge in [0.05, 0.1) is 0 Å². The first-order valence-electron chi connectivity index (χ1n) is 5.72. The van der Waals surface area contributed by atoms with Crippen LogP contribution in [0.25, 0.3) is 0 Å². The SMILES string of the molecule is Cc1ccc(CN(C)C2CCNC2)cc1. The molecule has 0 spiro atoms. The minimum atomic E-state index is 0.714. The molecule has 1 fully saturated rings. The normalized spacial score (nSPS) is 21.1. The van der Waals surface area contributed by atoms with Gasteiger partial charge in [0.1, 0.15) is 0 Å². The van der Waals surface area contributed by atoms with Crippen molar-refractivity contribution < 1.29 is 0 Å². The monoisotopic (exact) mass is 204 g/mol. The number of nitrogens with one attached hydrogen (secondary N) is 1. The van der Waals surface area contributed by atoms with Crippen molar-refractivity contribution in [2.75, 3.05) is 20.1 Å². The molecular formula is C13H20N2. The zero-order valence-electron chi connectivity index (χ0n) is 9.66. The summed E-state index contributed by atoms with van der Waals surface area (Å²) in [5.41, 5.74) is 2.75. The quantitative estimate of drug-likeness (QED) is 0.807. The van der Waals surface area contributed by atoms with E-state index in [1.807, 2.05) is 0 Å². The molecule has 1 heterocycles. The molecule has 1 unspecified atom stereocenters. The second kappa shape index (κ2) is 4.77. The topological polar surface area (TPSA) is 15.3 Å². The van der Waals surface area contributed by atoms with Crippen LogP contribution < -0.4 is 5.32 Å². The highest BCUT2D eigenvalue weighted by atomic mass is 15.2. The van der Waals surface area contributed by atoms with E-state index < -0.39 is 0 Å². The fraction of sp³-hybridized carbons (Fsp3) is 0.538. The van der Waals surface area contributed by atoms with Gasteiger partial charge in [-0.2, -0.15) is 0 Å². The zero-order valence-corrected chi connectivity index (χ0v) is 9.66. The predicted molar refractivity (Wildman–Crippen MR) is 63.9 cm³/mol. The lowest BCUT2D eigenvalue weighted by Gasteiger charge is -2.23. The molecule has 0 radical (unpaired) electrons. The molecule has 1 saturated heterocycles. The first-order valence-corrected chi connectivity index (χ1v) is 5.72. The first kappa shape index (κ1) is 10.7. The van der Waals surface area contributed by atoms with Crippen molar-refractivity contribution in [2.24, 2.45) is 0 Å². The molecule has 0 amide bonds. The van der Waals surface area contributed by atoms with Gasteiger partial charge in [0, 0.05) is 19.1 Å². The van der Waals surface area contributed by atoms with Crippen molar-refractivity contribution in [1.29, 1.82) is 0 Å². The fourth-order valence-corrected chi connectivity index (χ4v) is 2.13. The summed E-state index contributed by atoms with van der Waals surface area (Å²) in [6, 6.07) is 9.56. The van der Waals surface area contributed by atoms with Gasteiger partial charge in [-0.25, -0.2) is 0 Å². The molecule has 2 heteroatoms. The maximum absolute atomic E-state index is 3.41. The van der Waals surface area contributed by atoms with Crippen molar-refractivity contribution >= 4 is 0 Å². The van der Waals surface area contributed by atoms with Crippen LogP contribution in [0.15, 0.2) is 24.3 Å². The van der Waals surface area contributed by atoms with Crippen LogP contribution in [0.2, 0.25) is 0 Å². The van der Waals surface area contributed by atoms with E-state index in [0.29, 0.717) is 6.04 Å². The Morgan fingerprint density at radius 1 is 1.33 bits per heavy atom. The van der Waals surface area contributed by atoms with E-state index in [9.17, 15) is 0 Å². The Hall–Kier alpha value is -0.860. The number of hydrogen-bond donors (Lipinski definition) is 1. The Kier molecular flexibility index (Phi) is 3.39. The van der Waals surface area contributed by atoms with Gasteiger partial charge in [-0.05, 0) is 32.5 Å². The molecule has 1 aliphatic heterocycles. The average molecular weight is 204 g/mol. The molecule has 0 aliphatic carbocycles. The predicted octanol–water partition coefficient (Wildman–Crippen LogP) is 1.79. The van der Waals surface area contributed by atoms with Crippen molar-refractivity contribution in [3.8, 4) is 0 Å². The molecule has 1 aromatic rings. The molecule has 1 atom stereocenters. The van der Waals surface area contributed by atoms with Crippen LogP contribution in [0.4, 0.5) is 0 Å². The summed E-state index contributed by atoms with van der Waals surface area (Å²) in [7, 11) is 2.22. The van der Waals surface area contributed by atoms with Crippen molar-refractivity contribution in [1.82, 2.24) is 10.2 Å². The minimum absolute atomic E-state index is 0.714. The van der Waals surface area contributed by atoms with E-state index in [0.717, 1.165) is 13.1 Å². The van der Waals surface area contributed by atoms with Gasteiger partial charge in [-0.1, -0.05) is 29.8 Å². The number of nitrogens with zero attached hydrogens (tertiary/aromatic N) is 1. The van der Waals surface area contributed by atoms with Gasteiger partial charge in [-0.3, -0.25) is 4.90 Å². The molecule has 2 rings (SSSR count). The Morgan fingerprint density at radius 3 is 2.67 bits per heavy atom. The maximum atomic E-state index is 3.41. The van der Waals surface area contributed by atoms with Gasteiger partial charge in [-0.15, -0.1) is 0 Å². The Bertz CT molecular complexity index is 299. The molecule has 15 heavy (non-hydrogen) atoms. The summed E-state index contributed by atoms with van der Waals surface area (Å²) < 4.78 is 0. The summed E-state index contributed by atoms with van der Waals surface area (Å²) in [4.78, 5) is 2.45. The van der Waals surface area contributed by atoms with Crippen LogP contribution in [0, 0.1) is 6.92 Å². The molecule has 1 aliphatic rings. The third kappa shape index (κ3) is 2.80. The van der Waals surface area contributed by atoms with Gasteiger partial charge in [0.25, 0.3) is 0 Å². The highest BCUT2D eigenvalue weighted by Gasteiger charge is 2.18. The minimum Gasteiger partial charge on any atom is -0.315 e. The molecule has 1 aromatic carbocycles. The van der Waals surface area contributed by atoms with Crippen LogP contribution in [-0.4, -0.2) is 31.1 Å². The molecule has 1 N–H and O–H groups in total. The highest BCUT2D eigenvalue weighted by Crippen LogP contribution is 2.11. The number of hydrogen-bond acceptors (Lipinski definition) is 2. The van der Waals surface area contributed by atoms with Crippen molar-refractivity contribution in [3.05, 3.63) is 35.4 Å². The van der Waals surface area contributed by atoms with E-state index in [2.05, 4.69) is 48.5 Å². The third-order valence-corrected chi connectivity index (χ3v) is 3.21. The Balaban J connectivity index is 1.92. The molecule has 0 saturated carbocycles. The van der Waals surface area contributed by atoms with Crippen LogP contribution in [0.3, 0.4) is 0 Å². The van der Waals surface area contributed by atoms with Crippen LogP contribution in [-0.2, 0) is 6.54 Å². The number of likely N-dealkylation sites (N-methyl/N-ethyl adjacent to an activating group) is 1. The molecule has 82 valence electrons. The zero-order chi connectivity index (χ0) is 10.7. The summed E-state index contributed by atoms with van der Waals surface area (Å²) in [5.74, 6) is 0. The number of benzene rings is 1. The van der Waals surface area contributed by atoms with Crippen LogP contribution in [0.5, 0.6) is 0 Å².